The number of carbonyl (C=O) groups excluding carboxylic acids is 1. The van der Waals surface area contributed by atoms with E-state index < -0.39 is 0 Å². The van der Waals surface area contributed by atoms with E-state index in [1.54, 1.807) is 0 Å². The first-order valence-electron chi connectivity index (χ1n) is 8.05. The molecule has 1 aromatic carbocycles. The lowest BCUT2D eigenvalue weighted by molar-refractivity contribution is -0.140. The highest BCUT2D eigenvalue weighted by atomic mass is 16.5. The second-order valence-corrected chi connectivity index (χ2v) is 5.60. The van der Waals surface area contributed by atoms with E-state index in [2.05, 4.69) is 13.8 Å². The van der Waals surface area contributed by atoms with Crippen molar-refractivity contribution in [2.24, 2.45) is 5.92 Å². The van der Waals surface area contributed by atoms with Crippen LogP contribution in [0, 0.1) is 5.92 Å². The standard InChI is InChI=1S/C19H28O2/c1-4-6-10-17(5-2)14-13-16(3)19(20)21-15-18-11-8-7-9-12-18/h7-9,11-13,17H,4-6,10,14-15H2,1-3H3. The van der Waals surface area contributed by atoms with Crippen LogP contribution in [0.2, 0.25) is 0 Å². The summed E-state index contributed by atoms with van der Waals surface area (Å²) in [5.41, 5.74) is 1.74. The lowest BCUT2D eigenvalue weighted by Gasteiger charge is -2.12. The van der Waals surface area contributed by atoms with Crippen LogP contribution in [0.4, 0.5) is 0 Å². The molecular formula is C19H28O2. The third-order valence-electron chi connectivity index (χ3n) is 3.84. The van der Waals surface area contributed by atoms with Gasteiger partial charge < -0.3 is 4.74 Å². The van der Waals surface area contributed by atoms with E-state index >= 15 is 0 Å². The van der Waals surface area contributed by atoms with Crippen molar-refractivity contribution >= 4 is 5.97 Å². The Morgan fingerprint density at radius 3 is 2.57 bits per heavy atom. The Morgan fingerprint density at radius 1 is 1.24 bits per heavy atom. The van der Waals surface area contributed by atoms with Crippen molar-refractivity contribution in [3.05, 3.63) is 47.5 Å². The molecule has 0 aliphatic rings. The number of benzene rings is 1. The van der Waals surface area contributed by atoms with Gasteiger partial charge in [-0.25, -0.2) is 4.79 Å². The molecule has 0 aliphatic carbocycles. The minimum atomic E-state index is -0.204. The highest BCUT2D eigenvalue weighted by Gasteiger charge is 2.08. The molecule has 0 N–H and O–H groups in total. The van der Waals surface area contributed by atoms with Crippen LogP contribution in [0.3, 0.4) is 0 Å². The lowest BCUT2D eigenvalue weighted by Crippen LogP contribution is -2.07. The van der Waals surface area contributed by atoms with Crippen LogP contribution in [0.15, 0.2) is 42.0 Å². The van der Waals surface area contributed by atoms with Gasteiger partial charge in [-0.3, -0.25) is 0 Å². The normalized spacial score (nSPS) is 13.0. The van der Waals surface area contributed by atoms with Gasteiger partial charge in [0, 0.05) is 5.57 Å². The quantitative estimate of drug-likeness (QED) is 0.456. The van der Waals surface area contributed by atoms with E-state index in [4.69, 9.17) is 4.74 Å². The van der Waals surface area contributed by atoms with Crippen molar-refractivity contribution in [2.75, 3.05) is 0 Å². The molecule has 0 fully saturated rings. The Labute approximate surface area is 129 Å². The third kappa shape index (κ3) is 7.12. The van der Waals surface area contributed by atoms with Gasteiger partial charge in [0.05, 0.1) is 0 Å². The van der Waals surface area contributed by atoms with Gasteiger partial charge in [-0.2, -0.15) is 0 Å². The summed E-state index contributed by atoms with van der Waals surface area (Å²) in [5.74, 6) is 0.478. The van der Waals surface area contributed by atoms with E-state index in [0.29, 0.717) is 12.5 Å². The van der Waals surface area contributed by atoms with Crippen molar-refractivity contribution in [1.82, 2.24) is 0 Å². The second-order valence-electron chi connectivity index (χ2n) is 5.60. The van der Waals surface area contributed by atoms with Gasteiger partial charge in [-0.15, -0.1) is 0 Å². The van der Waals surface area contributed by atoms with Crippen LogP contribution in [-0.4, -0.2) is 5.97 Å². The number of carbonyl (C=O) groups is 1. The van der Waals surface area contributed by atoms with Crippen LogP contribution >= 0.6 is 0 Å². The zero-order valence-electron chi connectivity index (χ0n) is 13.6. The van der Waals surface area contributed by atoms with E-state index in [0.717, 1.165) is 17.6 Å². The van der Waals surface area contributed by atoms with Crippen LogP contribution in [-0.2, 0) is 16.1 Å². The largest absolute Gasteiger partial charge is 0.457 e. The van der Waals surface area contributed by atoms with Crippen LogP contribution < -0.4 is 0 Å². The Hall–Kier alpha value is -1.57. The highest BCUT2D eigenvalue weighted by Crippen LogP contribution is 2.18. The molecule has 0 aliphatic heterocycles. The first-order chi connectivity index (χ1) is 10.2. The van der Waals surface area contributed by atoms with Gasteiger partial charge in [0.15, 0.2) is 0 Å². The Bertz CT molecular complexity index is 434. The van der Waals surface area contributed by atoms with Crippen molar-refractivity contribution in [1.29, 1.82) is 0 Å². The fourth-order valence-corrected chi connectivity index (χ4v) is 2.25. The Balaban J connectivity index is 2.40. The molecule has 1 atom stereocenters. The van der Waals surface area contributed by atoms with Crippen LogP contribution in [0.25, 0.3) is 0 Å². The molecule has 0 saturated carbocycles. The Kier molecular flexibility index (Phi) is 8.49. The maximum absolute atomic E-state index is 11.9. The highest BCUT2D eigenvalue weighted by molar-refractivity contribution is 5.87. The maximum Gasteiger partial charge on any atom is 0.333 e. The minimum Gasteiger partial charge on any atom is -0.457 e. The number of esters is 1. The molecule has 21 heavy (non-hydrogen) atoms. The summed E-state index contributed by atoms with van der Waals surface area (Å²) < 4.78 is 5.33. The number of unbranched alkanes of at least 4 members (excludes halogenated alkanes) is 1. The predicted molar refractivity (Wildman–Crippen MR) is 87.9 cm³/mol. The van der Waals surface area contributed by atoms with Gasteiger partial charge in [-0.1, -0.05) is 75.9 Å². The van der Waals surface area contributed by atoms with E-state index in [1.807, 2.05) is 43.3 Å². The first-order valence-corrected chi connectivity index (χ1v) is 8.05. The number of rotatable bonds is 9. The molecule has 0 saturated heterocycles. The predicted octanol–water partition coefficient (Wildman–Crippen LogP) is 5.28. The smallest absolute Gasteiger partial charge is 0.333 e. The molecule has 1 rings (SSSR count). The molecule has 0 spiro atoms. The Morgan fingerprint density at radius 2 is 1.95 bits per heavy atom. The van der Waals surface area contributed by atoms with Gasteiger partial charge in [-0.05, 0) is 24.8 Å². The van der Waals surface area contributed by atoms with E-state index in [-0.39, 0.29) is 5.97 Å². The van der Waals surface area contributed by atoms with Gasteiger partial charge in [0.1, 0.15) is 6.61 Å². The fraction of sp³-hybridized carbons (Fsp3) is 0.526. The number of hydrogen-bond donors (Lipinski definition) is 0. The zero-order chi connectivity index (χ0) is 15.5. The second kappa shape index (κ2) is 10.2. The lowest BCUT2D eigenvalue weighted by atomic mass is 9.95. The number of hydrogen-bond acceptors (Lipinski definition) is 2. The van der Waals surface area contributed by atoms with Gasteiger partial charge >= 0.3 is 5.97 Å². The zero-order valence-corrected chi connectivity index (χ0v) is 13.6. The SMILES string of the molecule is CCCCC(CC)CC=C(C)C(=O)OCc1ccccc1. The van der Waals surface area contributed by atoms with Crippen LogP contribution in [0.5, 0.6) is 0 Å². The van der Waals surface area contributed by atoms with Crippen molar-refractivity contribution in [2.45, 2.75) is 59.5 Å². The summed E-state index contributed by atoms with van der Waals surface area (Å²) in [6, 6.07) is 9.78. The maximum atomic E-state index is 11.9. The summed E-state index contributed by atoms with van der Waals surface area (Å²) in [5, 5.41) is 0. The summed E-state index contributed by atoms with van der Waals surface area (Å²) >= 11 is 0. The summed E-state index contributed by atoms with van der Waals surface area (Å²) in [6.07, 6.45) is 7.93. The molecule has 0 amide bonds. The topological polar surface area (TPSA) is 26.3 Å². The number of ether oxygens (including phenoxy) is 1. The molecule has 0 aromatic heterocycles. The van der Waals surface area contributed by atoms with Crippen molar-refractivity contribution < 1.29 is 9.53 Å². The molecular weight excluding hydrogens is 260 g/mol. The summed E-state index contributed by atoms with van der Waals surface area (Å²) in [6.45, 7) is 6.63. The first kappa shape index (κ1) is 17.5. The monoisotopic (exact) mass is 288 g/mol. The van der Waals surface area contributed by atoms with Gasteiger partial charge in [0.25, 0.3) is 0 Å². The number of allylic oxidation sites excluding steroid dienone is 1. The molecule has 2 nitrogen and oxygen atoms in total. The van der Waals surface area contributed by atoms with Crippen molar-refractivity contribution in [3.8, 4) is 0 Å². The molecule has 2 heteroatoms. The van der Waals surface area contributed by atoms with Gasteiger partial charge in [0.2, 0.25) is 0 Å². The van der Waals surface area contributed by atoms with E-state index in [1.165, 1.54) is 25.7 Å². The molecule has 1 aromatic rings. The van der Waals surface area contributed by atoms with Crippen molar-refractivity contribution in [3.63, 3.8) is 0 Å². The minimum absolute atomic E-state index is 0.204. The van der Waals surface area contributed by atoms with Crippen LogP contribution in [0.1, 0.15) is 58.4 Å². The average Bonchev–Trinajstić information content (AvgIpc) is 2.53. The molecule has 0 heterocycles. The molecule has 116 valence electrons. The molecule has 0 radical (unpaired) electrons. The molecule has 1 unspecified atom stereocenters. The third-order valence-corrected chi connectivity index (χ3v) is 3.84. The fourth-order valence-electron chi connectivity index (χ4n) is 2.25. The molecule has 0 bridgehead atoms. The average molecular weight is 288 g/mol. The summed E-state index contributed by atoms with van der Waals surface area (Å²) in [4.78, 5) is 11.9. The van der Waals surface area contributed by atoms with E-state index in [9.17, 15) is 4.79 Å². The summed E-state index contributed by atoms with van der Waals surface area (Å²) in [7, 11) is 0.